The van der Waals surface area contributed by atoms with E-state index in [2.05, 4.69) is 9.89 Å². The van der Waals surface area contributed by atoms with Crippen molar-refractivity contribution < 1.29 is 14.4 Å². The van der Waals surface area contributed by atoms with Gasteiger partial charge in [0.15, 0.2) is 0 Å². The molecule has 0 bridgehead atoms. The van der Waals surface area contributed by atoms with Crippen LogP contribution in [0.3, 0.4) is 0 Å². The smallest absolute Gasteiger partial charge is 0.350 e. The molecule has 4 rings (SSSR count). The molecule has 1 saturated heterocycles. The number of benzene rings is 1. The van der Waals surface area contributed by atoms with Gasteiger partial charge < -0.3 is 9.80 Å². The second-order valence-electron chi connectivity index (χ2n) is 7.58. The Hall–Kier alpha value is -2.93. The number of piperazine rings is 1. The molecule has 0 N–H and O–H groups in total. The third kappa shape index (κ3) is 4.03. The first-order valence-corrected chi connectivity index (χ1v) is 10.4. The zero-order valence-electron chi connectivity index (χ0n) is 16.8. The van der Waals surface area contributed by atoms with Crippen molar-refractivity contribution in [2.24, 2.45) is 10.9 Å². The minimum atomic E-state index is -0.597. The molecule has 1 aromatic carbocycles. The number of anilines is 1. The lowest BCUT2D eigenvalue weighted by atomic mass is 9.95. The summed E-state index contributed by atoms with van der Waals surface area (Å²) in [6.07, 6.45) is 7.01. The summed E-state index contributed by atoms with van der Waals surface area (Å²) in [4.78, 5) is 46.6. The lowest BCUT2D eigenvalue weighted by Crippen LogP contribution is -2.50. The highest BCUT2D eigenvalue weighted by Gasteiger charge is 2.36. The maximum absolute atomic E-state index is 12.7. The van der Waals surface area contributed by atoms with Gasteiger partial charge in [0.25, 0.3) is 0 Å². The number of aliphatic imine (C=N–C) groups is 1. The van der Waals surface area contributed by atoms with Crippen molar-refractivity contribution in [1.82, 2.24) is 9.80 Å². The number of amides is 4. The van der Waals surface area contributed by atoms with Crippen LogP contribution in [0, 0.1) is 12.8 Å². The molecule has 1 atom stereocenters. The SMILES string of the molecule is Cc1ccc(Cl)cc1N1CCN(C(=O)CCN2C(=O)N=C3C=CC=CC3C2=O)CC1. The van der Waals surface area contributed by atoms with Crippen molar-refractivity contribution in [1.29, 1.82) is 0 Å². The first-order chi connectivity index (χ1) is 14.4. The molecule has 1 aliphatic carbocycles. The minimum Gasteiger partial charge on any atom is -0.368 e. The van der Waals surface area contributed by atoms with E-state index in [1.54, 1.807) is 29.2 Å². The number of carbonyl (C=O) groups excluding carboxylic acids is 3. The molecule has 7 nitrogen and oxygen atoms in total. The Labute approximate surface area is 180 Å². The summed E-state index contributed by atoms with van der Waals surface area (Å²) in [5.74, 6) is -0.918. The predicted molar refractivity (Wildman–Crippen MR) is 116 cm³/mol. The van der Waals surface area contributed by atoms with Gasteiger partial charge in [0, 0.05) is 49.9 Å². The number of nitrogens with zero attached hydrogens (tertiary/aromatic N) is 4. The standard InChI is InChI=1S/C22H23ClN4O3/c1-15-6-7-16(23)14-19(15)25-10-12-26(13-11-25)20(28)8-9-27-21(29)17-4-2-3-5-18(17)24-22(27)30/h2-7,14,17H,8-13H2,1H3. The van der Waals surface area contributed by atoms with Gasteiger partial charge in [-0.25, -0.2) is 4.79 Å². The lowest BCUT2D eigenvalue weighted by Gasteiger charge is -2.37. The van der Waals surface area contributed by atoms with E-state index in [0.29, 0.717) is 36.9 Å². The van der Waals surface area contributed by atoms with E-state index in [0.717, 1.165) is 16.2 Å². The molecule has 2 heterocycles. The second kappa shape index (κ2) is 8.44. The molecule has 0 aromatic heterocycles. The van der Waals surface area contributed by atoms with E-state index in [4.69, 9.17) is 11.6 Å². The van der Waals surface area contributed by atoms with E-state index >= 15 is 0 Å². The Morgan fingerprint density at radius 3 is 2.70 bits per heavy atom. The Morgan fingerprint density at radius 2 is 1.93 bits per heavy atom. The normalized spacial score (nSPS) is 21.1. The second-order valence-corrected chi connectivity index (χ2v) is 8.02. The Bertz CT molecular complexity index is 977. The minimum absolute atomic E-state index is 0.0505. The third-order valence-electron chi connectivity index (χ3n) is 5.68. The van der Waals surface area contributed by atoms with Gasteiger partial charge in [-0.1, -0.05) is 35.9 Å². The lowest BCUT2D eigenvalue weighted by molar-refractivity contribution is -0.133. The average molecular weight is 427 g/mol. The van der Waals surface area contributed by atoms with Crippen LogP contribution in [0.2, 0.25) is 5.02 Å². The Kier molecular flexibility index (Phi) is 5.72. The topological polar surface area (TPSA) is 73.3 Å². The van der Waals surface area contributed by atoms with Crippen LogP contribution in [0.4, 0.5) is 10.5 Å². The number of carbonyl (C=O) groups is 3. The van der Waals surface area contributed by atoms with Crippen LogP contribution in [0.1, 0.15) is 12.0 Å². The maximum atomic E-state index is 12.7. The number of fused-ring (bicyclic) bond motifs is 1. The number of rotatable bonds is 4. The van der Waals surface area contributed by atoms with Crippen molar-refractivity contribution in [2.75, 3.05) is 37.6 Å². The third-order valence-corrected chi connectivity index (χ3v) is 5.92. The summed E-state index contributed by atoms with van der Waals surface area (Å²) in [6.45, 7) is 4.69. The number of allylic oxidation sites excluding steroid dienone is 3. The molecule has 1 unspecified atom stereocenters. The molecule has 30 heavy (non-hydrogen) atoms. The molecule has 0 spiro atoms. The monoisotopic (exact) mass is 426 g/mol. The molecular formula is C22H23ClN4O3. The van der Waals surface area contributed by atoms with Crippen molar-refractivity contribution in [3.8, 4) is 0 Å². The zero-order valence-corrected chi connectivity index (χ0v) is 17.5. The number of hydrogen-bond acceptors (Lipinski definition) is 4. The molecule has 1 fully saturated rings. The summed E-state index contributed by atoms with van der Waals surface area (Å²) >= 11 is 6.13. The van der Waals surface area contributed by atoms with Gasteiger partial charge in [-0.3, -0.25) is 14.5 Å². The number of aryl methyl sites for hydroxylation is 1. The molecule has 2 aliphatic heterocycles. The molecule has 3 aliphatic rings. The molecule has 0 saturated carbocycles. The first-order valence-electron chi connectivity index (χ1n) is 10.0. The first kappa shape index (κ1) is 20.3. The summed E-state index contributed by atoms with van der Waals surface area (Å²) < 4.78 is 0. The van der Waals surface area contributed by atoms with Gasteiger partial charge in [0.05, 0.1) is 11.6 Å². The van der Waals surface area contributed by atoms with E-state index in [1.807, 2.05) is 25.1 Å². The molecule has 156 valence electrons. The predicted octanol–water partition coefficient (Wildman–Crippen LogP) is 2.83. The quantitative estimate of drug-likeness (QED) is 0.742. The van der Waals surface area contributed by atoms with Crippen LogP contribution in [0.15, 0.2) is 47.5 Å². The van der Waals surface area contributed by atoms with Crippen LogP contribution < -0.4 is 4.90 Å². The highest BCUT2D eigenvalue weighted by atomic mass is 35.5. The van der Waals surface area contributed by atoms with Gasteiger partial charge in [0.1, 0.15) is 0 Å². The van der Waals surface area contributed by atoms with Gasteiger partial charge in [0.2, 0.25) is 11.8 Å². The summed E-state index contributed by atoms with van der Waals surface area (Å²) in [7, 11) is 0. The van der Waals surface area contributed by atoms with Gasteiger partial charge in [-0.2, -0.15) is 4.99 Å². The van der Waals surface area contributed by atoms with Crippen LogP contribution in [-0.2, 0) is 9.59 Å². The van der Waals surface area contributed by atoms with E-state index < -0.39 is 11.9 Å². The van der Waals surface area contributed by atoms with Gasteiger partial charge >= 0.3 is 6.03 Å². The van der Waals surface area contributed by atoms with Crippen LogP contribution >= 0.6 is 11.6 Å². The number of urea groups is 1. The van der Waals surface area contributed by atoms with Crippen LogP contribution in [0.5, 0.6) is 0 Å². The summed E-state index contributed by atoms with van der Waals surface area (Å²) in [6, 6.07) is 5.22. The highest BCUT2D eigenvalue weighted by Crippen LogP contribution is 2.25. The largest absolute Gasteiger partial charge is 0.368 e. The number of imide groups is 1. The highest BCUT2D eigenvalue weighted by molar-refractivity contribution is 6.30. The van der Waals surface area contributed by atoms with E-state index in [9.17, 15) is 14.4 Å². The number of hydrogen-bond donors (Lipinski definition) is 0. The number of halogens is 1. The zero-order chi connectivity index (χ0) is 21.3. The molecule has 4 amide bonds. The Morgan fingerprint density at radius 1 is 1.17 bits per heavy atom. The van der Waals surface area contributed by atoms with E-state index in [1.165, 1.54) is 0 Å². The van der Waals surface area contributed by atoms with Gasteiger partial charge in [-0.05, 0) is 30.7 Å². The fourth-order valence-electron chi connectivity index (χ4n) is 3.97. The van der Waals surface area contributed by atoms with Crippen molar-refractivity contribution in [2.45, 2.75) is 13.3 Å². The molecular weight excluding hydrogens is 404 g/mol. The summed E-state index contributed by atoms with van der Waals surface area (Å²) in [5, 5.41) is 0.694. The molecule has 8 heteroatoms. The van der Waals surface area contributed by atoms with Crippen LogP contribution in [-0.4, -0.2) is 66.1 Å². The fourth-order valence-corrected chi connectivity index (χ4v) is 4.14. The van der Waals surface area contributed by atoms with Crippen molar-refractivity contribution in [3.63, 3.8) is 0 Å². The van der Waals surface area contributed by atoms with Gasteiger partial charge in [-0.15, -0.1) is 0 Å². The van der Waals surface area contributed by atoms with Crippen molar-refractivity contribution >= 4 is 40.8 Å². The molecule has 0 radical (unpaired) electrons. The Balaban J connectivity index is 1.32. The maximum Gasteiger partial charge on any atom is 0.350 e. The summed E-state index contributed by atoms with van der Waals surface area (Å²) in [5.41, 5.74) is 2.69. The average Bonchev–Trinajstić information content (AvgIpc) is 2.75. The van der Waals surface area contributed by atoms with Crippen LogP contribution in [0.25, 0.3) is 0 Å². The van der Waals surface area contributed by atoms with Crippen molar-refractivity contribution in [3.05, 3.63) is 53.1 Å². The fraction of sp³-hybridized carbons (Fsp3) is 0.364. The molecule has 1 aromatic rings. The van der Waals surface area contributed by atoms with E-state index in [-0.39, 0.29) is 24.8 Å².